The Bertz CT molecular complexity index is 539. The topological polar surface area (TPSA) is 89.8 Å². The third-order valence-electron chi connectivity index (χ3n) is 2.59. The summed E-state index contributed by atoms with van der Waals surface area (Å²) in [4.78, 5) is 35.0. The van der Waals surface area contributed by atoms with Crippen LogP contribution in [0.4, 0.5) is 5.69 Å². The lowest BCUT2D eigenvalue weighted by molar-refractivity contribution is -0.384. The molecule has 0 atom stereocenters. The van der Waals surface area contributed by atoms with Crippen LogP contribution in [0.25, 0.3) is 0 Å². The lowest BCUT2D eigenvalue weighted by Gasteiger charge is -2.20. The van der Waals surface area contributed by atoms with Gasteiger partial charge < -0.3 is 9.64 Å². The van der Waals surface area contributed by atoms with E-state index in [0.717, 1.165) is 0 Å². The van der Waals surface area contributed by atoms with Crippen molar-refractivity contribution >= 4 is 17.6 Å². The zero-order chi connectivity index (χ0) is 15.8. The molecule has 0 heterocycles. The van der Waals surface area contributed by atoms with Crippen LogP contribution in [0.5, 0.6) is 0 Å². The molecule has 0 bridgehead atoms. The van der Waals surface area contributed by atoms with Gasteiger partial charge in [-0.1, -0.05) is 6.08 Å². The predicted octanol–water partition coefficient (Wildman–Crippen LogP) is 1.79. The molecule has 0 aliphatic heterocycles. The van der Waals surface area contributed by atoms with Gasteiger partial charge in [0.15, 0.2) is 0 Å². The van der Waals surface area contributed by atoms with Crippen molar-refractivity contribution in [2.75, 3.05) is 19.7 Å². The van der Waals surface area contributed by atoms with E-state index in [1.54, 1.807) is 6.92 Å². The lowest BCUT2D eigenvalue weighted by atomic mass is 10.2. The van der Waals surface area contributed by atoms with Crippen molar-refractivity contribution in [3.8, 4) is 0 Å². The minimum absolute atomic E-state index is 0.104. The van der Waals surface area contributed by atoms with Crippen LogP contribution in [-0.4, -0.2) is 41.4 Å². The SMILES string of the molecule is C=CCN(CC(=O)OCC)C(=O)c1ccc([N+](=O)[O-])cc1. The van der Waals surface area contributed by atoms with Gasteiger partial charge in [0, 0.05) is 24.2 Å². The molecule has 112 valence electrons. The first-order valence-electron chi connectivity index (χ1n) is 6.29. The first-order chi connectivity index (χ1) is 9.99. The van der Waals surface area contributed by atoms with Gasteiger partial charge in [0.2, 0.25) is 0 Å². The summed E-state index contributed by atoms with van der Waals surface area (Å²) in [6, 6.07) is 5.18. The molecular weight excluding hydrogens is 276 g/mol. The number of nitro groups is 1. The largest absolute Gasteiger partial charge is 0.465 e. The van der Waals surface area contributed by atoms with Gasteiger partial charge in [-0.2, -0.15) is 0 Å². The summed E-state index contributed by atoms with van der Waals surface area (Å²) in [6.45, 7) is 5.41. The molecule has 1 amide bonds. The summed E-state index contributed by atoms with van der Waals surface area (Å²) >= 11 is 0. The molecule has 1 aromatic carbocycles. The monoisotopic (exact) mass is 292 g/mol. The third kappa shape index (κ3) is 4.72. The first kappa shape index (κ1) is 16.4. The number of amides is 1. The molecule has 0 aliphatic rings. The second-order valence-electron chi connectivity index (χ2n) is 4.08. The second kappa shape index (κ2) is 7.78. The van der Waals surface area contributed by atoms with Crippen LogP contribution in [0.2, 0.25) is 0 Å². The van der Waals surface area contributed by atoms with Crippen molar-refractivity contribution in [2.45, 2.75) is 6.92 Å². The van der Waals surface area contributed by atoms with Crippen LogP contribution in [0.1, 0.15) is 17.3 Å². The van der Waals surface area contributed by atoms with E-state index in [1.807, 2.05) is 0 Å². The van der Waals surface area contributed by atoms with Crippen LogP contribution in [0, 0.1) is 10.1 Å². The highest BCUT2D eigenvalue weighted by molar-refractivity contribution is 5.96. The molecule has 0 N–H and O–H groups in total. The van der Waals surface area contributed by atoms with E-state index in [4.69, 9.17) is 4.74 Å². The van der Waals surface area contributed by atoms with Crippen LogP contribution in [-0.2, 0) is 9.53 Å². The zero-order valence-corrected chi connectivity index (χ0v) is 11.7. The van der Waals surface area contributed by atoms with E-state index < -0.39 is 16.8 Å². The number of ether oxygens (including phenoxy) is 1. The van der Waals surface area contributed by atoms with Gasteiger partial charge in [-0.3, -0.25) is 19.7 Å². The van der Waals surface area contributed by atoms with Crippen molar-refractivity contribution in [3.05, 3.63) is 52.6 Å². The average molecular weight is 292 g/mol. The number of esters is 1. The van der Waals surface area contributed by atoms with E-state index >= 15 is 0 Å². The van der Waals surface area contributed by atoms with Gasteiger partial charge in [-0.15, -0.1) is 6.58 Å². The van der Waals surface area contributed by atoms with E-state index in [1.165, 1.54) is 35.2 Å². The predicted molar refractivity (Wildman–Crippen MR) is 75.8 cm³/mol. The molecule has 0 saturated heterocycles. The summed E-state index contributed by atoms with van der Waals surface area (Å²) in [6.07, 6.45) is 1.49. The van der Waals surface area contributed by atoms with E-state index in [2.05, 4.69) is 6.58 Å². The number of hydrogen-bond donors (Lipinski definition) is 0. The highest BCUT2D eigenvalue weighted by Gasteiger charge is 2.19. The second-order valence-corrected chi connectivity index (χ2v) is 4.08. The van der Waals surface area contributed by atoms with Crippen molar-refractivity contribution in [1.82, 2.24) is 4.90 Å². The molecule has 0 radical (unpaired) electrons. The molecule has 0 unspecified atom stereocenters. The Morgan fingerprint density at radius 2 is 2.00 bits per heavy atom. The lowest BCUT2D eigenvalue weighted by Crippen LogP contribution is -2.36. The van der Waals surface area contributed by atoms with Crippen LogP contribution < -0.4 is 0 Å². The van der Waals surface area contributed by atoms with Gasteiger partial charge in [0.1, 0.15) is 6.54 Å². The number of carbonyl (C=O) groups is 2. The molecular formula is C14H16N2O5. The fourth-order valence-electron chi connectivity index (χ4n) is 1.65. The standard InChI is InChI=1S/C14H16N2O5/c1-3-9-15(10-13(17)21-4-2)14(18)11-5-7-12(8-6-11)16(19)20/h3,5-8H,1,4,9-10H2,2H3. The van der Waals surface area contributed by atoms with Crippen molar-refractivity contribution in [3.63, 3.8) is 0 Å². The summed E-state index contributed by atoms with van der Waals surface area (Å²) in [5, 5.41) is 10.6. The highest BCUT2D eigenvalue weighted by atomic mass is 16.6. The number of nitro benzene ring substituents is 1. The minimum Gasteiger partial charge on any atom is -0.465 e. The Hall–Kier alpha value is -2.70. The van der Waals surface area contributed by atoms with Gasteiger partial charge >= 0.3 is 5.97 Å². The van der Waals surface area contributed by atoms with Crippen molar-refractivity contribution in [1.29, 1.82) is 0 Å². The molecule has 21 heavy (non-hydrogen) atoms. The maximum absolute atomic E-state index is 12.3. The van der Waals surface area contributed by atoms with Gasteiger partial charge in [-0.05, 0) is 19.1 Å². The Kier molecular flexibility index (Phi) is 6.06. The van der Waals surface area contributed by atoms with Gasteiger partial charge in [0.05, 0.1) is 11.5 Å². The molecule has 0 fully saturated rings. The Morgan fingerprint density at radius 3 is 2.48 bits per heavy atom. The Labute approximate surface area is 122 Å². The minimum atomic E-state index is -0.547. The van der Waals surface area contributed by atoms with Crippen LogP contribution in [0.15, 0.2) is 36.9 Å². The van der Waals surface area contributed by atoms with Crippen molar-refractivity contribution in [2.24, 2.45) is 0 Å². The fraction of sp³-hybridized carbons (Fsp3) is 0.286. The first-order valence-corrected chi connectivity index (χ1v) is 6.29. The van der Waals surface area contributed by atoms with E-state index in [-0.39, 0.29) is 30.9 Å². The molecule has 0 aliphatic carbocycles. The number of nitrogens with zero attached hydrogens (tertiary/aromatic N) is 2. The number of rotatable bonds is 7. The Balaban J connectivity index is 2.86. The molecule has 0 spiro atoms. The third-order valence-corrected chi connectivity index (χ3v) is 2.59. The average Bonchev–Trinajstić information content (AvgIpc) is 2.46. The normalized spacial score (nSPS) is 9.76. The summed E-state index contributed by atoms with van der Waals surface area (Å²) in [5.41, 5.74) is 0.152. The smallest absolute Gasteiger partial charge is 0.325 e. The maximum atomic E-state index is 12.3. The van der Waals surface area contributed by atoms with E-state index in [0.29, 0.717) is 0 Å². The molecule has 0 saturated carbocycles. The van der Waals surface area contributed by atoms with Crippen LogP contribution >= 0.6 is 0 Å². The summed E-state index contributed by atoms with van der Waals surface area (Å²) < 4.78 is 4.80. The molecule has 1 aromatic rings. The number of non-ortho nitro benzene ring substituents is 1. The van der Waals surface area contributed by atoms with Gasteiger partial charge in [0.25, 0.3) is 11.6 Å². The fourth-order valence-corrected chi connectivity index (χ4v) is 1.65. The molecule has 7 nitrogen and oxygen atoms in total. The Morgan fingerprint density at radius 1 is 1.38 bits per heavy atom. The molecule has 7 heteroatoms. The summed E-state index contributed by atoms with van der Waals surface area (Å²) in [7, 11) is 0. The van der Waals surface area contributed by atoms with Crippen LogP contribution in [0.3, 0.4) is 0 Å². The van der Waals surface area contributed by atoms with Gasteiger partial charge in [-0.25, -0.2) is 0 Å². The summed E-state index contributed by atoms with van der Waals surface area (Å²) in [5.74, 6) is -0.938. The number of benzene rings is 1. The maximum Gasteiger partial charge on any atom is 0.325 e. The highest BCUT2D eigenvalue weighted by Crippen LogP contribution is 2.13. The molecule has 0 aromatic heterocycles. The quantitative estimate of drug-likeness (QED) is 0.331. The molecule has 1 rings (SSSR count). The number of hydrogen-bond acceptors (Lipinski definition) is 5. The van der Waals surface area contributed by atoms with Crippen molar-refractivity contribution < 1.29 is 19.2 Å². The number of carbonyl (C=O) groups excluding carboxylic acids is 2. The zero-order valence-electron chi connectivity index (χ0n) is 11.7. The van der Waals surface area contributed by atoms with E-state index in [9.17, 15) is 19.7 Å².